The van der Waals surface area contributed by atoms with Crippen molar-refractivity contribution < 1.29 is 9.53 Å². The minimum atomic E-state index is 0. The molecule has 0 aliphatic carbocycles. The summed E-state index contributed by atoms with van der Waals surface area (Å²) in [5, 5.41) is 3.36. The summed E-state index contributed by atoms with van der Waals surface area (Å²) in [5.41, 5.74) is 0. The SMILES string of the molecule is CN=C(NCCOc1cccnc1)N1CCN(CC(=O)N2CCCCCC2)CC1.I. The molecule has 168 valence electrons. The molecule has 8 nitrogen and oxygen atoms in total. The molecule has 30 heavy (non-hydrogen) atoms. The number of nitrogens with one attached hydrogen (secondary N) is 1. The number of halogens is 1. The molecule has 3 heterocycles. The predicted molar refractivity (Wildman–Crippen MR) is 130 cm³/mol. The van der Waals surface area contributed by atoms with Gasteiger partial charge < -0.3 is 19.9 Å². The standard InChI is InChI=1S/C21H34N6O2.HI/c1-22-21(24-9-16-29-19-7-6-8-23-17-19)27-14-12-25(13-15-27)18-20(28)26-10-4-2-3-5-11-26;/h6-8,17H,2-5,9-16,18H2,1H3,(H,22,24);1H. The van der Waals surface area contributed by atoms with Crippen LogP contribution in [-0.4, -0.2) is 97.6 Å². The largest absolute Gasteiger partial charge is 0.490 e. The molecule has 0 atom stereocenters. The first-order valence-electron chi connectivity index (χ1n) is 10.7. The number of aromatic nitrogens is 1. The van der Waals surface area contributed by atoms with Crippen molar-refractivity contribution in [2.45, 2.75) is 25.7 Å². The van der Waals surface area contributed by atoms with E-state index in [1.54, 1.807) is 19.4 Å². The highest BCUT2D eigenvalue weighted by atomic mass is 127. The van der Waals surface area contributed by atoms with Gasteiger partial charge in [-0.1, -0.05) is 12.8 Å². The normalized spacial score (nSPS) is 18.4. The third-order valence-corrected chi connectivity index (χ3v) is 5.49. The maximum Gasteiger partial charge on any atom is 0.236 e. The van der Waals surface area contributed by atoms with Gasteiger partial charge in [0.1, 0.15) is 12.4 Å². The van der Waals surface area contributed by atoms with Gasteiger partial charge in [-0.2, -0.15) is 0 Å². The van der Waals surface area contributed by atoms with Gasteiger partial charge in [0.25, 0.3) is 0 Å². The number of piperazine rings is 1. The number of amides is 1. The molecule has 0 bridgehead atoms. The van der Waals surface area contributed by atoms with E-state index >= 15 is 0 Å². The number of aliphatic imine (C=N–C) groups is 1. The van der Waals surface area contributed by atoms with E-state index in [9.17, 15) is 4.79 Å². The Morgan fingerprint density at radius 1 is 1.10 bits per heavy atom. The topological polar surface area (TPSA) is 73.3 Å². The quantitative estimate of drug-likeness (QED) is 0.261. The Morgan fingerprint density at radius 3 is 2.47 bits per heavy atom. The molecule has 2 aliphatic heterocycles. The van der Waals surface area contributed by atoms with E-state index in [1.165, 1.54) is 12.8 Å². The van der Waals surface area contributed by atoms with Crippen LogP contribution < -0.4 is 10.1 Å². The van der Waals surface area contributed by atoms with Gasteiger partial charge in [0, 0.05) is 52.5 Å². The Kier molecular flexibility index (Phi) is 11.2. The molecule has 2 fully saturated rings. The minimum absolute atomic E-state index is 0. The summed E-state index contributed by atoms with van der Waals surface area (Å²) < 4.78 is 5.67. The number of pyridine rings is 1. The molecule has 1 N–H and O–H groups in total. The highest BCUT2D eigenvalue weighted by Crippen LogP contribution is 2.11. The summed E-state index contributed by atoms with van der Waals surface area (Å²) in [6.45, 7) is 7.13. The monoisotopic (exact) mass is 530 g/mol. The summed E-state index contributed by atoms with van der Waals surface area (Å²) in [5.74, 6) is 1.95. The van der Waals surface area contributed by atoms with Gasteiger partial charge >= 0.3 is 0 Å². The van der Waals surface area contributed by atoms with E-state index in [0.29, 0.717) is 19.7 Å². The van der Waals surface area contributed by atoms with E-state index in [4.69, 9.17) is 4.74 Å². The third kappa shape index (κ3) is 7.90. The number of ether oxygens (including phenoxy) is 1. The van der Waals surface area contributed by atoms with Gasteiger partial charge in [0.2, 0.25) is 5.91 Å². The van der Waals surface area contributed by atoms with Crippen LogP contribution in [0.2, 0.25) is 0 Å². The fourth-order valence-corrected chi connectivity index (χ4v) is 3.83. The molecule has 2 saturated heterocycles. The zero-order valence-corrected chi connectivity index (χ0v) is 20.3. The van der Waals surface area contributed by atoms with Crippen molar-refractivity contribution in [1.29, 1.82) is 0 Å². The summed E-state index contributed by atoms with van der Waals surface area (Å²) in [4.78, 5) is 27.6. The van der Waals surface area contributed by atoms with Gasteiger partial charge in [-0.3, -0.25) is 19.7 Å². The Labute approximate surface area is 197 Å². The Bertz CT molecular complexity index is 644. The minimum Gasteiger partial charge on any atom is -0.490 e. The number of guanidine groups is 1. The lowest BCUT2D eigenvalue weighted by Crippen LogP contribution is -2.54. The first kappa shape index (κ1) is 24.6. The van der Waals surface area contributed by atoms with Crippen LogP contribution in [0.3, 0.4) is 0 Å². The molecule has 2 aliphatic rings. The highest BCUT2D eigenvalue weighted by Gasteiger charge is 2.23. The summed E-state index contributed by atoms with van der Waals surface area (Å²) in [7, 11) is 1.81. The van der Waals surface area contributed by atoms with Crippen LogP contribution in [0, 0.1) is 0 Å². The zero-order chi connectivity index (χ0) is 20.3. The van der Waals surface area contributed by atoms with Crippen LogP contribution in [0.5, 0.6) is 5.75 Å². The molecule has 9 heteroatoms. The van der Waals surface area contributed by atoms with Crippen molar-refractivity contribution in [2.75, 3.05) is 66.0 Å². The van der Waals surface area contributed by atoms with Gasteiger partial charge in [-0.25, -0.2) is 0 Å². The first-order chi connectivity index (χ1) is 14.3. The molecule has 0 unspecified atom stereocenters. The highest BCUT2D eigenvalue weighted by molar-refractivity contribution is 14.0. The molecule has 3 rings (SSSR count). The molecule has 1 amide bonds. The van der Waals surface area contributed by atoms with Gasteiger partial charge in [0.15, 0.2) is 5.96 Å². The van der Waals surface area contributed by atoms with Gasteiger partial charge in [0.05, 0.1) is 19.3 Å². The van der Waals surface area contributed by atoms with E-state index in [2.05, 4.69) is 30.0 Å². The average Bonchev–Trinajstić information content (AvgIpc) is 3.05. The average molecular weight is 530 g/mol. The van der Waals surface area contributed by atoms with Crippen molar-refractivity contribution in [2.24, 2.45) is 4.99 Å². The van der Waals surface area contributed by atoms with Gasteiger partial charge in [-0.05, 0) is 25.0 Å². The van der Waals surface area contributed by atoms with Crippen molar-refractivity contribution in [3.63, 3.8) is 0 Å². The number of carbonyl (C=O) groups excluding carboxylic acids is 1. The Balaban J connectivity index is 0.00000320. The molecule has 0 saturated carbocycles. The maximum absolute atomic E-state index is 12.6. The third-order valence-electron chi connectivity index (χ3n) is 5.49. The lowest BCUT2D eigenvalue weighted by atomic mass is 10.2. The lowest BCUT2D eigenvalue weighted by molar-refractivity contribution is -0.132. The van der Waals surface area contributed by atoms with Crippen LogP contribution in [0.1, 0.15) is 25.7 Å². The molecule has 1 aromatic rings. The second-order valence-electron chi connectivity index (χ2n) is 7.57. The molecular formula is C21H35IN6O2. The molecule has 0 spiro atoms. The summed E-state index contributed by atoms with van der Waals surface area (Å²) >= 11 is 0. The van der Waals surface area contributed by atoms with E-state index in [1.807, 2.05) is 12.1 Å². The lowest BCUT2D eigenvalue weighted by Gasteiger charge is -2.37. The van der Waals surface area contributed by atoms with Crippen molar-refractivity contribution in [3.8, 4) is 5.75 Å². The Hall–Kier alpha value is -1.62. The van der Waals surface area contributed by atoms with Gasteiger partial charge in [-0.15, -0.1) is 24.0 Å². The smallest absolute Gasteiger partial charge is 0.236 e. The number of hydrogen-bond acceptors (Lipinski definition) is 5. The number of nitrogens with zero attached hydrogens (tertiary/aromatic N) is 5. The van der Waals surface area contributed by atoms with E-state index in [0.717, 1.165) is 63.8 Å². The maximum atomic E-state index is 12.6. The van der Waals surface area contributed by atoms with Crippen LogP contribution in [0.4, 0.5) is 0 Å². The first-order valence-corrected chi connectivity index (χ1v) is 10.7. The Morgan fingerprint density at radius 2 is 1.83 bits per heavy atom. The second-order valence-corrected chi connectivity index (χ2v) is 7.57. The van der Waals surface area contributed by atoms with Crippen molar-refractivity contribution in [1.82, 2.24) is 25.0 Å². The number of likely N-dealkylation sites (tertiary alicyclic amines) is 1. The molecule has 0 radical (unpaired) electrons. The molecular weight excluding hydrogens is 495 g/mol. The van der Waals surface area contributed by atoms with Crippen LogP contribution in [-0.2, 0) is 4.79 Å². The fourth-order valence-electron chi connectivity index (χ4n) is 3.83. The van der Waals surface area contributed by atoms with Crippen molar-refractivity contribution in [3.05, 3.63) is 24.5 Å². The van der Waals surface area contributed by atoms with Crippen LogP contribution in [0.25, 0.3) is 0 Å². The van der Waals surface area contributed by atoms with Crippen LogP contribution in [0.15, 0.2) is 29.5 Å². The second kappa shape index (κ2) is 13.6. The number of rotatable bonds is 6. The summed E-state index contributed by atoms with van der Waals surface area (Å²) in [6, 6.07) is 3.76. The number of carbonyl (C=O) groups is 1. The van der Waals surface area contributed by atoms with Crippen molar-refractivity contribution >= 4 is 35.8 Å². The summed E-state index contributed by atoms with van der Waals surface area (Å²) in [6.07, 6.45) is 8.23. The fraction of sp³-hybridized carbons (Fsp3) is 0.667. The molecule has 1 aromatic heterocycles. The number of hydrogen-bond donors (Lipinski definition) is 1. The zero-order valence-electron chi connectivity index (χ0n) is 18.0. The van der Waals surface area contributed by atoms with E-state index < -0.39 is 0 Å². The van der Waals surface area contributed by atoms with Crippen LogP contribution >= 0.6 is 24.0 Å². The molecule has 0 aromatic carbocycles. The van der Waals surface area contributed by atoms with E-state index in [-0.39, 0.29) is 29.9 Å². The predicted octanol–water partition coefficient (Wildman–Crippen LogP) is 1.67.